The molecule has 7 aliphatic rings. The van der Waals surface area contributed by atoms with Crippen molar-refractivity contribution in [2.75, 3.05) is 40.5 Å². The molecule has 7 aliphatic heterocycles. The van der Waals surface area contributed by atoms with Gasteiger partial charge in [-0.3, -0.25) is 19.6 Å². The molecular weight excluding hydrogens is 946 g/mol. The molecule has 11 rings (SSSR count). The first-order valence-electron chi connectivity index (χ1n) is 26.2. The summed E-state index contributed by atoms with van der Waals surface area (Å²) in [6, 6.07) is 16.0. The highest BCUT2D eigenvalue weighted by atomic mass is 19.1. The molecule has 0 radical (unpaired) electrons. The van der Waals surface area contributed by atoms with Gasteiger partial charge in [-0.2, -0.15) is 0 Å². The Hall–Kier alpha value is -7.01. The average Bonchev–Trinajstić information content (AvgIpc) is 4.28. The fourth-order valence-corrected chi connectivity index (χ4v) is 12.3. The Morgan fingerprint density at radius 3 is 2.18 bits per heavy atom. The van der Waals surface area contributed by atoms with Crippen molar-refractivity contribution in [2.24, 2.45) is 21.8 Å². The van der Waals surface area contributed by atoms with E-state index in [0.29, 0.717) is 74.6 Å². The third-order valence-electron chi connectivity index (χ3n) is 16.1. The number of amides is 4. The number of benzene rings is 3. The molecule has 74 heavy (non-hydrogen) atoms. The number of nitrogens with one attached hydrogen (secondary N) is 2. The molecule has 0 bridgehead atoms. The number of carbonyl (C=O) groups is 4. The lowest BCUT2D eigenvalue weighted by Gasteiger charge is -2.36. The van der Waals surface area contributed by atoms with E-state index in [4.69, 9.17) is 33.7 Å². The molecule has 8 heterocycles. The van der Waals surface area contributed by atoms with Gasteiger partial charge in [0.25, 0.3) is 0 Å². The smallest absolute Gasteiger partial charge is 0.407 e. The van der Waals surface area contributed by atoms with Gasteiger partial charge in [0, 0.05) is 67.3 Å². The molecule has 1 aromatic heterocycles. The maximum atomic E-state index is 17.1. The van der Waals surface area contributed by atoms with Crippen LogP contribution in [-0.2, 0) is 30.2 Å². The summed E-state index contributed by atoms with van der Waals surface area (Å²) < 4.78 is 47.9. The summed E-state index contributed by atoms with van der Waals surface area (Å²) in [6.45, 7) is 8.04. The lowest BCUT2D eigenvalue weighted by atomic mass is 9.87. The normalized spacial score (nSPS) is 23.9. The lowest BCUT2D eigenvalue weighted by Crippen LogP contribution is -2.55. The topological polar surface area (TPSA) is 175 Å². The van der Waals surface area contributed by atoms with E-state index in [9.17, 15) is 19.2 Å². The van der Waals surface area contributed by atoms with Crippen LogP contribution in [0.4, 0.5) is 14.0 Å². The number of likely N-dealkylation sites (tertiary alicyclic amines) is 2. The van der Waals surface area contributed by atoms with Gasteiger partial charge in [0.15, 0.2) is 0 Å². The first-order chi connectivity index (χ1) is 35.9. The fraction of sp³-hybridized carbons (Fsp3) is 0.474. The standard InChI is InChI=1S/C57H64FN7O9/c1-31(2)51(61-56(68)70-4)53(66)63-17-6-10-45(63)43-25-40(30-60-43)37-23-41(58)50-47-26-38-22-34(14-15-44(38)65(47)55(74-49(50)28-37)36-13-12-33-9-8-19-73-48(33)27-36)39-24-42(59-29-39)46-11-7-18-64(46)54(67)52(62-57(69)71-5)35-16-20-72-32(3)21-35/h12-15,22-23,26-32,35,45-46,51-52,55H,6-11,16-21,24-25H2,1-5H3,(H,61,68)(H,62,69)/t32-,35?,45+,46+,51+,52?,55?/m1/s1. The fourth-order valence-electron chi connectivity index (χ4n) is 12.3. The Morgan fingerprint density at radius 2 is 1.47 bits per heavy atom. The number of aryl methyl sites for hydroxylation is 1. The summed E-state index contributed by atoms with van der Waals surface area (Å²) >= 11 is 0. The van der Waals surface area contributed by atoms with Gasteiger partial charge in [0.1, 0.15) is 29.4 Å². The number of alkyl carbamates (subject to hydrolysis) is 2. The number of allylic oxidation sites excluding steroid dienone is 2. The quantitative estimate of drug-likeness (QED) is 0.149. The minimum atomic E-state index is -0.750. The van der Waals surface area contributed by atoms with Crippen molar-refractivity contribution in [3.8, 4) is 22.8 Å². The van der Waals surface area contributed by atoms with Gasteiger partial charge in [0.2, 0.25) is 18.0 Å². The largest absolute Gasteiger partial charge is 0.493 e. The molecule has 17 heteroatoms. The van der Waals surface area contributed by atoms with Crippen molar-refractivity contribution >= 4 is 57.5 Å². The number of halogens is 1. The summed E-state index contributed by atoms with van der Waals surface area (Å²) in [7, 11) is 2.59. The molecular formula is C57H64FN7O9. The van der Waals surface area contributed by atoms with Crippen LogP contribution in [0, 0.1) is 17.7 Å². The SMILES string of the molecule is COC(=O)NC(C(=O)N1CCC[C@H]1C1=NC=C(c2ccc3c(c2)cc2n3C(c3ccc4c(c3)OCCC4)Oc3cc(C4=CN=C([C@@H]5CCCN5C(=O)[C@@H](NC(=O)OC)C(C)C)C4)cc(F)c3-2)C1)C1CCO[C@H](C)C1. The number of rotatable bonds is 11. The van der Waals surface area contributed by atoms with Crippen LogP contribution in [0.25, 0.3) is 33.3 Å². The lowest BCUT2D eigenvalue weighted by molar-refractivity contribution is -0.136. The van der Waals surface area contributed by atoms with Gasteiger partial charge in [-0.25, -0.2) is 14.0 Å². The summed E-state index contributed by atoms with van der Waals surface area (Å²) in [5.41, 5.74) is 9.07. The minimum absolute atomic E-state index is 0.0186. The molecule has 0 spiro atoms. The molecule has 388 valence electrons. The highest BCUT2D eigenvalue weighted by Gasteiger charge is 2.43. The van der Waals surface area contributed by atoms with Crippen LogP contribution in [0.5, 0.6) is 11.5 Å². The molecule has 3 unspecified atom stereocenters. The van der Waals surface area contributed by atoms with Crippen LogP contribution in [0.3, 0.4) is 0 Å². The number of hydrogen-bond donors (Lipinski definition) is 2. The molecule has 4 amide bonds. The van der Waals surface area contributed by atoms with E-state index in [2.05, 4.69) is 45.5 Å². The summed E-state index contributed by atoms with van der Waals surface area (Å²) in [4.78, 5) is 66.5. The van der Waals surface area contributed by atoms with Gasteiger partial charge < -0.3 is 48.7 Å². The van der Waals surface area contributed by atoms with Gasteiger partial charge in [-0.05, 0) is 134 Å². The zero-order valence-corrected chi connectivity index (χ0v) is 42.7. The Balaban J connectivity index is 0.864. The van der Waals surface area contributed by atoms with E-state index in [1.165, 1.54) is 14.2 Å². The molecule has 2 N–H and O–H groups in total. The molecule has 3 aromatic carbocycles. The zero-order chi connectivity index (χ0) is 51.4. The predicted octanol–water partition coefficient (Wildman–Crippen LogP) is 8.99. The van der Waals surface area contributed by atoms with Crippen molar-refractivity contribution in [1.29, 1.82) is 0 Å². The van der Waals surface area contributed by atoms with E-state index in [0.717, 1.165) is 94.4 Å². The number of fused-ring (bicyclic) bond motifs is 6. The molecule has 3 fully saturated rings. The van der Waals surface area contributed by atoms with E-state index in [-0.39, 0.29) is 41.8 Å². The number of aliphatic imine (C=N–C) groups is 2. The highest BCUT2D eigenvalue weighted by Crippen LogP contribution is 2.48. The van der Waals surface area contributed by atoms with Crippen LogP contribution < -0.4 is 20.1 Å². The van der Waals surface area contributed by atoms with Crippen molar-refractivity contribution in [3.63, 3.8) is 0 Å². The van der Waals surface area contributed by atoms with Crippen LogP contribution in [0.15, 0.2) is 77.0 Å². The number of nitrogens with zero attached hydrogens (tertiary/aromatic N) is 5. The first-order valence-corrected chi connectivity index (χ1v) is 26.2. The Labute approximate surface area is 430 Å². The number of methoxy groups -OCH3 is 2. The Kier molecular flexibility index (Phi) is 13.5. The maximum absolute atomic E-state index is 17.1. The van der Waals surface area contributed by atoms with Crippen molar-refractivity contribution < 1.29 is 47.3 Å². The van der Waals surface area contributed by atoms with Crippen LogP contribution in [-0.4, -0.2) is 121 Å². The van der Waals surface area contributed by atoms with Gasteiger partial charge in [-0.1, -0.05) is 32.0 Å². The second kappa shape index (κ2) is 20.4. The van der Waals surface area contributed by atoms with Crippen molar-refractivity contribution in [1.82, 2.24) is 25.0 Å². The second-order valence-electron chi connectivity index (χ2n) is 21.0. The Bertz CT molecular complexity index is 3050. The third-order valence-corrected chi connectivity index (χ3v) is 16.1. The van der Waals surface area contributed by atoms with Gasteiger partial charge >= 0.3 is 12.2 Å². The number of ether oxygens (including phenoxy) is 5. The monoisotopic (exact) mass is 1010 g/mol. The molecule has 4 aromatic rings. The highest BCUT2D eigenvalue weighted by molar-refractivity contribution is 6.06. The van der Waals surface area contributed by atoms with E-state index < -0.39 is 36.3 Å². The zero-order valence-electron chi connectivity index (χ0n) is 42.7. The van der Waals surface area contributed by atoms with E-state index >= 15 is 4.39 Å². The van der Waals surface area contributed by atoms with Crippen LogP contribution >= 0.6 is 0 Å². The number of aromatic nitrogens is 1. The van der Waals surface area contributed by atoms with Gasteiger partial charge in [0.05, 0.1) is 55.8 Å². The van der Waals surface area contributed by atoms with E-state index in [1.54, 1.807) is 12.3 Å². The number of hydrogen-bond acceptors (Lipinski definition) is 11. The molecule has 7 atom stereocenters. The molecule has 16 nitrogen and oxygen atoms in total. The Morgan fingerprint density at radius 1 is 0.770 bits per heavy atom. The third kappa shape index (κ3) is 9.21. The summed E-state index contributed by atoms with van der Waals surface area (Å²) in [5, 5.41) is 6.48. The molecule has 0 saturated carbocycles. The molecule has 3 saturated heterocycles. The summed E-state index contributed by atoms with van der Waals surface area (Å²) in [5.74, 6) is 0.255. The average molecular weight is 1010 g/mol. The van der Waals surface area contributed by atoms with Crippen molar-refractivity contribution in [2.45, 2.75) is 121 Å². The van der Waals surface area contributed by atoms with Crippen LogP contribution in [0.1, 0.15) is 107 Å². The minimum Gasteiger partial charge on any atom is -0.493 e. The second-order valence-corrected chi connectivity index (χ2v) is 21.0. The number of carbonyl (C=O) groups excluding carboxylic acids is 4. The van der Waals surface area contributed by atoms with Gasteiger partial charge in [-0.15, -0.1) is 0 Å². The van der Waals surface area contributed by atoms with Crippen molar-refractivity contribution in [3.05, 3.63) is 95.1 Å². The van der Waals surface area contributed by atoms with Crippen LogP contribution in [0.2, 0.25) is 0 Å². The van der Waals surface area contributed by atoms with E-state index in [1.807, 2.05) is 55.0 Å². The summed E-state index contributed by atoms with van der Waals surface area (Å²) in [6.07, 6.45) is 9.00. The first kappa shape index (κ1) is 49.2. The molecule has 0 aliphatic carbocycles. The predicted molar refractivity (Wildman–Crippen MR) is 278 cm³/mol. The maximum Gasteiger partial charge on any atom is 0.407 e.